The zero-order valence-electron chi connectivity index (χ0n) is 14.7. The number of hydrogen-bond acceptors (Lipinski definition) is 4. The fourth-order valence-electron chi connectivity index (χ4n) is 3.57. The van der Waals surface area contributed by atoms with Crippen molar-refractivity contribution >= 4 is 21.8 Å². The Kier molecular flexibility index (Phi) is 5.13. The zero-order valence-corrected chi connectivity index (χ0v) is 15.6. The highest BCUT2D eigenvalue weighted by molar-refractivity contribution is 7.90. The van der Waals surface area contributed by atoms with Crippen LogP contribution in [0.4, 0.5) is 0 Å². The number of fused-ring (bicyclic) bond motifs is 1. The van der Waals surface area contributed by atoms with Gasteiger partial charge in [0, 0.05) is 24.7 Å². The lowest BCUT2D eigenvalue weighted by Gasteiger charge is -2.33. The molecule has 1 aromatic rings. The molecular weight excluding hydrogens is 338 g/mol. The van der Waals surface area contributed by atoms with Gasteiger partial charge in [0.2, 0.25) is 5.91 Å². The van der Waals surface area contributed by atoms with Gasteiger partial charge in [-0.1, -0.05) is 25.5 Å². The Hall–Kier alpha value is -1.89. The van der Waals surface area contributed by atoms with Crippen molar-refractivity contribution in [3.63, 3.8) is 0 Å². The van der Waals surface area contributed by atoms with Crippen LogP contribution in [0.3, 0.4) is 0 Å². The average molecular weight is 363 g/mol. The Balaban J connectivity index is 1.75. The van der Waals surface area contributed by atoms with E-state index in [0.717, 1.165) is 32.2 Å². The van der Waals surface area contributed by atoms with Crippen molar-refractivity contribution in [2.75, 3.05) is 13.1 Å². The van der Waals surface area contributed by atoms with E-state index in [1.54, 1.807) is 18.2 Å². The van der Waals surface area contributed by atoms with Gasteiger partial charge in [-0.25, -0.2) is 0 Å². The molecule has 0 saturated carbocycles. The van der Waals surface area contributed by atoms with Crippen molar-refractivity contribution in [1.82, 2.24) is 10.2 Å². The number of carbonyl (C=O) groups is 1. The largest absolute Gasteiger partial charge is 0.355 e. The molecule has 0 unspecified atom stereocenters. The van der Waals surface area contributed by atoms with Crippen molar-refractivity contribution in [2.24, 2.45) is 10.3 Å². The molecule has 0 spiro atoms. The first-order chi connectivity index (χ1) is 11.9. The number of hydrogen-bond donors (Lipinski definition) is 1. The van der Waals surface area contributed by atoms with E-state index in [0.29, 0.717) is 17.9 Å². The summed E-state index contributed by atoms with van der Waals surface area (Å²) >= 11 is 0. The SMILES string of the molecule is CCC[C@H](C)NC(=O)[C@@H]1CCCN(C2=NS(=O)(=O)c3ccccc32)C1. The third-order valence-corrected chi connectivity index (χ3v) is 6.14. The Morgan fingerprint density at radius 3 is 2.92 bits per heavy atom. The molecule has 1 saturated heterocycles. The maximum atomic E-state index is 12.5. The number of rotatable bonds is 4. The number of nitrogens with one attached hydrogen (secondary N) is 1. The van der Waals surface area contributed by atoms with Crippen LogP contribution in [0, 0.1) is 5.92 Å². The minimum absolute atomic E-state index is 0.0559. The molecule has 2 aliphatic rings. The van der Waals surface area contributed by atoms with Crippen LogP contribution in [-0.4, -0.2) is 44.2 Å². The maximum Gasteiger partial charge on any atom is 0.285 e. The molecule has 1 aromatic carbocycles. The summed E-state index contributed by atoms with van der Waals surface area (Å²) in [5.74, 6) is 0.404. The van der Waals surface area contributed by atoms with Crippen LogP contribution in [0.25, 0.3) is 0 Å². The summed E-state index contributed by atoms with van der Waals surface area (Å²) in [7, 11) is -3.62. The lowest BCUT2D eigenvalue weighted by molar-refractivity contribution is -0.126. The number of amides is 1. The van der Waals surface area contributed by atoms with Crippen LogP contribution in [-0.2, 0) is 14.8 Å². The molecule has 0 aromatic heterocycles. The van der Waals surface area contributed by atoms with Crippen LogP contribution in [0.15, 0.2) is 33.6 Å². The van der Waals surface area contributed by atoms with E-state index in [-0.39, 0.29) is 22.8 Å². The van der Waals surface area contributed by atoms with Crippen molar-refractivity contribution < 1.29 is 13.2 Å². The second kappa shape index (κ2) is 7.15. The molecular formula is C18H25N3O3S. The Morgan fingerprint density at radius 1 is 1.40 bits per heavy atom. The molecule has 1 amide bonds. The first kappa shape index (κ1) is 17.9. The summed E-state index contributed by atoms with van der Waals surface area (Å²) in [6, 6.07) is 7.05. The lowest BCUT2D eigenvalue weighted by atomic mass is 9.96. The van der Waals surface area contributed by atoms with Gasteiger partial charge in [-0.15, -0.1) is 4.40 Å². The second-order valence-corrected chi connectivity index (χ2v) is 8.44. The summed E-state index contributed by atoms with van der Waals surface area (Å²) < 4.78 is 28.5. The predicted molar refractivity (Wildman–Crippen MR) is 97.0 cm³/mol. The van der Waals surface area contributed by atoms with Gasteiger partial charge in [0.1, 0.15) is 4.90 Å². The van der Waals surface area contributed by atoms with Gasteiger partial charge < -0.3 is 10.2 Å². The number of likely N-dealkylation sites (tertiary alicyclic amines) is 1. The van der Waals surface area contributed by atoms with Crippen LogP contribution in [0.1, 0.15) is 45.1 Å². The van der Waals surface area contributed by atoms with Gasteiger partial charge in [0.05, 0.1) is 5.92 Å². The molecule has 0 radical (unpaired) electrons. The van der Waals surface area contributed by atoms with Crippen molar-refractivity contribution in [3.05, 3.63) is 29.8 Å². The summed E-state index contributed by atoms with van der Waals surface area (Å²) in [4.78, 5) is 14.7. The van der Waals surface area contributed by atoms with Gasteiger partial charge in [-0.05, 0) is 38.3 Å². The molecule has 6 nitrogen and oxygen atoms in total. The first-order valence-corrected chi connectivity index (χ1v) is 10.4. The Labute approximate surface area is 149 Å². The van der Waals surface area contributed by atoms with Gasteiger partial charge in [-0.3, -0.25) is 4.79 Å². The monoisotopic (exact) mass is 363 g/mol. The molecule has 3 rings (SSSR count). The fourth-order valence-corrected chi connectivity index (χ4v) is 4.79. The second-order valence-electron chi connectivity index (χ2n) is 6.87. The number of sulfonamides is 1. The molecule has 136 valence electrons. The Bertz CT molecular complexity index is 789. The molecule has 25 heavy (non-hydrogen) atoms. The quantitative estimate of drug-likeness (QED) is 0.889. The summed E-state index contributed by atoms with van der Waals surface area (Å²) in [5.41, 5.74) is 0.642. The molecule has 2 atom stereocenters. The van der Waals surface area contributed by atoms with Crippen molar-refractivity contribution in [3.8, 4) is 0 Å². The molecule has 0 bridgehead atoms. The molecule has 2 heterocycles. The van der Waals surface area contributed by atoms with Gasteiger partial charge in [0.15, 0.2) is 5.84 Å². The third-order valence-electron chi connectivity index (χ3n) is 4.81. The van der Waals surface area contributed by atoms with E-state index in [1.807, 2.05) is 17.9 Å². The van der Waals surface area contributed by atoms with Crippen LogP contribution in [0.5, 0.6) is 0 Å². The predicted octanol–water partition coefficient (Wildman–Crippen LogP) is 2.15. The highest BCUT2D eigenvalue weighted by atomic mass is 32.2. The Morgan fingerprint density at radius 2 is 2.16 bits per heavy atom. The van der Waals surface area contributed by atoms with Crippen molar-refractivity contribution in [2.45, 2.75) is 50.5 Å². The number of amidine groups is 1. The van der Waals surface area contributed by atoms with Gasteiger partial charge in [-0.2, -0.15) is 8.42 Å². The molecule has 7 heteroatoms. The number of piperidine rings is 1. The lowest BCUT2D eigenvalue weighted by Crippen LogP contribution is -2.47. The van der Waals surface area contributed by atoms with Crippen LogP contribution < -0.4 is 5.32 Å². The zero-order chi connectivity index (χ0) is 18.0. The van der Waals surface area contributed by atoms with E-state index in [2.05, 4.69) is 16.6 Å². The van der Waals surface area contributed by atoms with E-state index in [9.17, 15) is 13.2 Å². The molecule has 0 aliphatic carbocycles. The van der Waals surface area contributed by atoms with E-state index >= 15 is 0 Å². The van der Waals surface area contributed by atoms with E-state index in [1.165, 1.54) is 0 Å². The van der Waals surface area contributed by atoms with Crippen molar-refractivity contribution in [1.29, 1.82) is 0 Å². The smallest absolute Gasteiger partial charge is 0.285 e. The standard InChI is InChI=1S/C18H25N3O3S/c1-3-7-13(2)19-18(22)14-8-6-11-21(12-14)17-15-9-4-5-10-16(15)25(23,24)20-17/h4-5,9-10,13-14H,3,6-8,11-12H2,1-2H3,(H,19,22)/t13-,14+/m0/s1. The molecule has 2 aliphatic heterocycles. The first-order valence-electron chi connectivity index (χ1n) is 8.92. The average Bonchev–Trinajstić information content (AvgIpc) is 2.87. The maximum absolute atomic E-state index is 12.5. The normalized spacial score (nSPS) is 22.9. The van der Waals surface area contributed by atoms with E-state index < -0.39 is 10.0 Å². The highest BCUT2D eigenvalue weighted by Gasteiger charge is 2.35. The molecule has 1 fully saturated rings. The number of nitrogens with zero attached hydrogens (tertiary/aromatic N) is 2. The summed E-state index contributed by atoms with van der Waals surface area (Å²) in [5, 5.41) is 3.07. The summed E-state index contributed by atoms with van der Waals surface area (Å²) in [6.45, 7) is 5.34. The topological polar surface area (TPSA) is 78.8 Å². The fraction of sp³-hybridized carbons (Fsp3) is 0.556. The third kappa shape index (κ3) is 3.71. The number of carbonyl (C=O) groups excluding carboxylic acids is 1. The minimum Gasteiger partial charge on any atom is -0.355 e. The number of benzene rings is 1. The van der Waals surface area contributed by atoms with E-state index in [4.69, 9.17) is 0 Å². The molecule has 1 N–H and O–H groups in total. The van der Waals surface area contributed by atoms with Gasteiger partial charge >= 0.3 is 0 Å². The van der Waals surface area contributed by atoms with Crippen LogP contribution >= 0.6 is 0 Å². The summed E-state index contributed by atoms with van der Waals surface area (Å²) in [6.07, 6.45) is 3.66. The highest BCUT2D eigenvalue weighted by Crippen LogP contribution is 2.29. The minimum atomic E-state index is -3.62. The van der Waals surface area contributed by atoms with Gasteiger partial charge in [0.25, 0.3) is 10.0 Å². The van der Waals surface area contributed by atoms with Crippen LogP contribution in [0.2, 0.25) is 0 Å².